The van der Waals surface area contributed by atoms with E-state index in [4.69, 9.17) is 16.3 Å². The molecule has 0 aliphatic carbocycles. The Bertz CT molecular complexity index is 1030. The zero-order valence-electron chi connectivity index (χ0n) is 16.0. The molecule has 0 radical (unpaired) electrons. The molecule has 3 rings (SSSR count). The molecule has 8 nitrogen and oxygen atoms in total. The molecule has 1 aromatic heterocycles. The van der Waals surface area contributed by atoms with Crippen LogP contribution in [0.3, 0.4) is 0 Å². The first-order chi connectivity index (χ1) is 14.0. The number of carbonyl (C=O) groups is 2. The Balaban J connectivity index is 1.71. The second kappa shape index (κ2) is 9.20. The van der Waals surface area contributed by atoms with Crippen LogP contribution in [-0.2, 0) is 4.79 Å². The van der Waals surface area contributed by atoms with Gasteiger partial charge in [-0.1, -0.05) is 29.8 Å². The maximum atomic E-state index is 12.6. The predicted octanol–water partition coefficient (Wildman–Crippen LogP) is 3.00. The predicted molar refractivity (Wildman–Crippen MR) is 110 cm³/mol. The third-order valence-corrected chi connectivity index (χ3v) is 4.21. The SMILES string of the molecule is CCNC(=O)COc1cccc(NC(=O)c2nc(C)n(-c3ccccc3Cl)n2)c1. The summed E-state index contributed by atoms with van der Waals surface area (Å²) in [6.07, 6.45) is 0. The fourth-order valence-corrected chi connectivity index (χ4v) is 2.80. The molecule has 0 unspecified atom stereocenters. The number of likely N-dealkylation sites (N-methyl/N-ethyl adjacent to an activating group) is 1. The van der Waals surface area contributed by atoms with Gasteiger partial charge in [0.1, 0.15) is 11.6 Å². The number of rotatable bonds is 7. The van der Waals surface area contributed by atoms with Crippen molar-refractivity contribution in [2.45, 2.75) is 13.8 Å². The first-order valence-corrected chi connectivity index (χ1v) is 9.35. The molecule has 150 valence electrons. The van der Waals surface area contributed by atoms with Gasteiger partial charge in [0, 0.05) is 18.3 Å². The summed E-state index contributed by atoms with van der Waals surface area (Å²) in [6.45, 7) is 4.00. The van der Waals surface area contributed by atoms with Crippen molar-refractivity contribution in [3.05, 3.63) is 65.2 Å². The number of aryl methyl sites for hydroxylation is 1. The number of nitrogens with one attached hydrogen (secondary N) is 2. The van der Waals surface area contributed by atoms with Crippen LogP contribution < -0.4 is 15.4 Å². The van der Waals surface area contributed by atoms with Gasteiger partial charge in [-0.05, 0) is 38.1 Å². The summed E-state index contributed by atoms with van der Waals surface area (Å²) >= 11 is 6.21. The average molecular weight is 414 g/mol. The van der Waals surface area contributed by atoms with E-state index in [9.17, 15) is 9.59 Å². The van der Waals surface area contributed by atoms with Crippen molar-refractivity contribution in [2.75, 3.05) is 18.5 Å². The zero-order chi connectivity index (χ0) is 20.8. The topological polar surface area (TPSA) is 98.1 Å². The van der Waals surface area contributed by atoms with Gasteiger partial charge >= 0.3 is 0 Å². The molecule has 0 spiro atoms. The number of aromatic nitrogens is 3. The maximum Gasteiger partial charge on any atom is 0.295 e. The molecular weight excluding hydrogens is 394 g/mol. The Labute approximate surface area is 172 Å². The zero-order valence-corrected chi connectivity index (χ0v) is 16.7. The molecule has 0 bridgehead atoms. The fourth-order valence-electron chi connectivity index (χ4n) is 2.59. The molecule has 29 heavy (non-hydrogen) atoms. The molecule has 2 N–H and O–H groups in total. The van der Waals surface area contributed by atoms with E-state index < -0.39 is 5.91 Å². The standard InChI is InChI=1S/C20H20ClN5O3/c1-3-22-18(27)12-29-15-8-6-7-14(11-15)24-20(28)19-23-13(2)26(25-19)17-10-5-4-9-16(17)21/h4-11H,3,12H2,1-2H3,(H,22,27)(H,24,28). The second-order valence-electron chi connectivity index (χ2n) is 6.07. The number of amides is 2. The van der Waals surface area contributed by atoms with Crippen LogP contribution in [0, 0.1) is 6.92 Å². The minimum atomic E-state index is -0.472. The van der Waals surface area contributed by atoms with Gasteiger partial charge in [-0.3, -0.25) is 9.59 Å². The quantitative estimate of drug-likeness (QED) is 0.620. The summed E-state index contributed by atoms with van der Waals surface area (Å²) in [5.41, 5.74) is 1.13. The number of benzene rings is 2. The van der Waals surface area contributed by atoms with Gasteiger partial charge in [0.25, 0.3) is 11.8 Å². The van der Waals surface area contributed by atoms with E-state index in [1.165, 1.54) is 4.68 Å². The number of para-hydroxylation sites is 1. The van der Waals surface area contributed by atoms with Gasteiger partial charge in [0.2, 0.25) is 5.82 Å². The number of nitrogens with zero attached hydrogens (tertiary/aromatic N) is 3. The number of hydrogen-bond acceptors (Lipinski definition) is 5. The van der Waals surface area contributed by atoms with E-state index in [0.717, 1.165) is 0 Å². The number of carbonyl (C=O) groups excluding carboxylic acids is 2. The van der Waals surface area contributed by atoms with Crippen molar-refractivity contribution in [2.24, 2.45) is 0 Å². The first-order valence-electron chi connectivity index (χ1n) is 8.97. The third kappa shape index (κ3) is 5.11. The van der Waals surface area contributed by atoms with Crippen molar-refractivity contribution in [1.29, 1.82) is 0 Å². The highest BCUT2D eigenvalue weighted by molar-refractivity contribution is 6.32. The van der Waals surface area contributed by atoms with Gasteiger partial charge in [0.15, 0.2) is 6.61 Å². The smallest absolute Gasteiger partial charge is 0.295 e. The van der Waals surface area contributed by atoms with Crippen LogP contribution in [0.2, 0.25) is 5.02 Å². The Kier molecular flexibility index (Phi) is 6.46. The highest BCUT2D eigenvalue weighted by Crippen LogP contribution is 2.21. The van der Waals surface area contributed by atoms with Crippen LogP contribution >= 0.6 is 11.6 Å². The van der Waals surface area contributed by atoms with Crippen LogP contribution in [0.25, 0.3) is 5.69 Å². The molecule has 0 aliphatic rings. The highest BCUT2D eigenvalue weighted by Gasteiger charge is 2.17. The molecule has 0 saturated carbocycles. The Morgan fingerprint density at radius 3 is 2.72 bits per heavy atom. The Hall–Kier alpha value is -3.39. The summed E-state index contributed by atoms with van der Waals surface area (Å²) in [7, 11) is 0. The number of halogens is 1. The van der Waals surface area contributed by atoms with Crippen LogP contribution in [0.15, 0.2) is 48.5 Å². The molecule has 0 fully saturated rings. The molecule has 2 aromatic carbocycles. The molecule has 2 amide bonds. The summed E-state index contributed by atoms with van der Waals surface area (Å²) < 4.78 is 6.95. The largest absolute Gasteiger partial charge is 0.484 e. The lowest BCUT2D eigenvalue weighted by Gasteiger charge is -2.08. The molecule has 0 aliphatic heterocycles. The summed E-state index contributed by atoms with van der Waals surface area (Å²) in [4.78, 5) is 28.3. The summed E-state index contributed by atoms with van der Waals surface area (Å²) in [5.74, 6) is 0.310. The van der Waals surface area contributed by atoms with E-state index in [-0.39, 0.29) is 18.3 Å². The summed E-state index contributed by atoms with van der Waals surface area (Å²) in [5, 5.41) is 10.1. The van der Waals surface area contributed by atoms with Gasteiger partial charge in [-0.15, -0.1) is 5.10 Å². The molecular formula is C20H20ClN5O3. The van der Waals surface area contributed by atoms with Crippen LogP contribution in [0.4, 0.5) is 5.69 Å². The van der Waals surface area contributed by atoms with Gasteiger partial charge < -0.3 is 15.4 Å². The van der Waals surface area contributed by atoms with Crippen molar-refractivity contribution < 1.29 is 14.3 Å². The minimum absolute atomic E-state index is 0.0102. The second-order valence-corrected chi connectivity index (χ2v) is 6.48. The van der Waals surface area contributed by atoms with Crippen molar-refractivity contribution in [1.82, 2.24) is 20.1 Å². The van der Waals surface area contributed by atoms with Gasteiger partial charge in [-0.25, -0.2) is 9.67 Å². The number of hydrogen-bond donors (Lipinski definition) is 2. The fraction of sp³-hybridized carbons (Fsp3) is 0.200. The average Bonchev–Trinajstić information content (AvgIpc) is 3.09. The van der Waals surface area contributed by atoms with Crippen LogP contribution in [0.5, 0.6) is 5.75 Å². The van der Waals surface area contributed by atoms with Crippen molar-refractivity contribution in [3.63, 3.8) is 0 Å². The minimum Gasteiger partial charge on any atom is -0.484 e. The van der Waals surface area contributed by atoms with E-state index in [1.54, 1.807) is 43.3 Å². The lowest BCUT2D eigenvalue weighted by molar-refractivity contribution is -0.122. The monoisotopic (exact) mass is 413 g/mol. The van der Waals surface area contributed by atoms with E-state index in [1.807, 2.05) is 19.1 Å². The highest BCUT2D eigenvalue weighted by atomic mass is 35.5. The van der Waals surface area contributed by atoms with Gasteiger partial charge in [0.05, 0.1) is 10.7 Å². The molecule has 0 atom stereocenters. The van der Waals surface area contributed by atoms with Crippen molar-refractivity contribution >= 4 is 29.1 Å². The lowest BCUT2D eigenvalue weighted by atomic mass is 10.3. The Morgan fingerprint density at radius 1 is 1.17 bits per heavy atom. The molecule has 9 heteroatoms. The molecule has 3 aromatic rings. The van der Waals surface area contributed by atoms with Crippen molar-refractivity contribution in [3.8, 4) is 11.4 Å². The maximum absolute atomic E-state index is 12.6. The molecule has 0 saturated heterocycles. The van der Waals surface area contributed by atoms with Gasteiger partial charge in [-0.2, -0.15) is 0 Å². The van der Waals surface area contributed by atoms with Crippen LogP contribution in [0.1, 0.15) is 23.4 Å². The van der Waals surface area contributed by atoms with E-state index in [2.05, 4.69) is 20.7 Å². The van der Waals surface area contributed by atoms with E-state index >= 15 is 0 Å². The first kappa shape index (κ1) is 20.3. The summed E-state index contributed by atoms with van der Waals surface area (Å²) in [6, 6.07) is 13.9. The van der Waals surface area contributed by atoms with E-state index in [0.29, 0.717) is 34.5 Å². The lowest BCUT2D eigenvalue weighted by Crippen LogP contribution is -2.28. The normalized spacial score (nSPS) is 10.4. The number of anilines is 1. The van der Waals surface area contributed by atoms with Crippen LogP contribution in [-0.4, -0.2) is 39.7 Å². The third-order valence-electron chi connectivity index (χ3n) is 3.89. The number of ether oxygens (including phenoxy) is 1. The molecule has 1 heterocycles. The Morgan fingerprint density at radius 2 is 1.97 bits per heavy atom.